The summed E-state index contributed by atoms with van der Waals surface area (Å²) in [7, 11) is -1.10. The average molecular weight is 784 g/mol. The standard InChI is InChI=1S/C39H50FN5O9S/c1-27-33(20-28-5-8-31(9-6-28)55(2)54)32-10-7-29(40)21-35(32)34(27)22-30(46)4-3-11-41-36(47)23-42-12-14-43(24-37(48)49)16-18-45(26-39(52)53)19-17-44(15-13-42)25-38(50)51/h5-10,20-21H,3-4,11-19,22-26H2,1-2H3,(H,41,47)(H,48,49)(H,50,51)(H,52,53)/b33-20-. The van der Waals surface area contributed by atoms with Crippen molar-refractivity contribution in [3.05, 3.63) is 70.5 Å². The van der Waals surface area contributed by atoms with Crippen LogP contribution in [0.3, 0.4) is 0 Å². The van der Waals surface area contributed by atoms with Crippen LogP contribution in [0.15, 0.2) is 52.9 Å². The smallest absolute Gasteiger partial charge is 0.317 e. The number of rotatable bonds is 16. The highest BCUT2D eigenvalue weighted by Crippen LogP contribution is 2.44. The molecule has 0 spiro atoms. The first-order valence-corrected chi connectivity index (χ1v) is 19.7. The summed E-state index contributed by atoms with van der Waals surface area (Å²) in [4.78, 5) is 68.3. The number of carbonyl (C=O) groups excluding carboxylic acids is 2. The molecule has 1 aliphatic heterocycles. The van der Waals surface area contributed by atoms with E-state index in [1.807, 2.05) is 30.0 Å². The van der Waals surface area contributed by atoms with Crippen molar-refractivity contribution in [2.45, 2.75) is 31.1 Å². The van der Waals surface area contributed by atoms with E-state index in [-0.39, 0.29) is 83.4 Å². The van der Waals surface area contributed by atoms with E-state index in [9.17, 15) is 47.9 Å². The van der Waals surface area contributed by atoms with Crippen LogP contribution in [0.1, 0.15) is 42.9 Å². The Bertz CT molecular complexity index is 1780. The SMILES string of the molecule is CC1=C(CC(=O)CCCNC(=O)CN2CCN(CC(=O)O)CCN(CC(=O)O)CCN(CC(=O)O)CC2)c2cc(F)ccc2/C1=C\c1ccc(S(C)=O)cc1. The molecular weight excluding hydrogens is 734 g/mol. The summed E-state index contributed by atoms with van der Waals surface area (Å²) in [6.07, 6.45) is 4.26. The number of ketones is 1. The van der Waals surface area contributed by atoms with Gasteiger partial charge in [-0.15, -0.1) is 0 Å². The van der Waals surface area contributed by atoms with Crippen molar-refractivity contribution in [1.82, 2.24) is 24.9 Å². The Balaban J connectivity index is 1.34. The van der Waals surface area contributed by atoms with Crippen LogP contribution in [-0.4, -0.2) is 160 Å². The van der Waals surface area contributed by atoms with Crippen molar-refractivity contribution in [1.29, 1.82) is 0 Å². The number of fused-ring (bicyclic) bond motifs is 1. The predicted octanol–water partition coefficient (Wildman–Crippen LogP) is 2.22. The molecule has 1 amide bonds. The van der Waals surface area contributed by atoms with Crippen molar-refractivity contribution < 1.29 is 47.9 Å². The number of aliphatic carboxylic acids is 3. The fourth-order valence-corrected chi connectivity index (χ4v) is 7.27. The minimum Gasteiger partial charge on any atom is -0.480 e. The van der Waals surface area contributed by atoms with E-state index in [1.54, 1.807) is 39.2 Å². The lowest BCUT2D eigenvalue weighted by Crippen LogP contribution is -2.49. The Kier molecular flexibility index (Phi) is 16.4. The zero-order chi connectivity index (χ0) is 40.1. The minimum atomic E-state index is -1.10. The minimum absolute atomic E-state index is 0.0243. The summed E-state index contributed by atoms with van der Waals surface area (Å²) in [5.74, 6) is -3.86. The molecule has 2 aromatic carbocycles. The Morgan fingerprint density at radius 3 is 1.71 bits per heavy atom. The van der Waals surface area contributed by atoms with Crippen LogP contribution in [0, 0.1) is 5.82 Å². The molecule has 0 aromatic heterocycles. The second-order valence-corrected chi connectivity index (χ2v) is 15.2. The molecule has 14 nitrogen and oxygen atoms in total. The van der Waals surface area contributed by atoms with Crippen LogP contribution < -0.4 is 5.32 Å². The maximum Gasteiger partial charge on any atom is 0.317 e. The van der Waals surface area contributed by atoms with Crippen LogP contribution in [0.4, 0.5) is 4.39 Å². The second kappa shape index (κ2) is 20.9. The summed E-state index contributed by atoms with van der Waals surface area (Å²) in [6, 6.07) is 11.9. The Labute approximate surface area is 322 Å². The Morgan fingerprint density at radius 1 is 0.745 bits per heavy atom. The molecule has 1 unspecified atom stereocenters. The molecule has 1 heterocycles. The molecule has 4 N–H and O–H groups in total. The van der Waals surface area contributed by atoms with Gasteiger partial charge in [0.2, 0.25) is 5.91 Å². The molecule has 0 radical (unpaired) electrons. The number of benzene rings is 2. The molecule has 298 valence electrons. The maximum atomic E-state index is 14.4. The molecule has 1 atom stereocenters. The van der Waals surface area contributed by atoms with Gasteiger partial charge in [0.25, 0.3) is 0 Å². The van der Waals surface area contributed by atoms with Gasteiger partial charge in [-0.25, -0.2) is 4.39 Å². The second-order valence-electron chi connectivity index (χ2n) is 13.8. The zero-order valence-corrected chi connectivity index (χ0v) is 32.1. The molecule has 2 aliphatic rings. The number of amides is 1. The van der Waals surface area contributed by atoms with E-state index < -0.39 is 34.5 Å². The quantitative estimate of drug-likeness (QED) is 0.182. The molecule has 1 fully saturated rings. The van der Waals surface area contributed by atoms with E-state index >= 15 is 0 Å². The van der Waals surface area contributed by atoms with E-state index in [0.717, 1.165) is 27.8 Å². The highest BCUT2D eigenvalue weighted by Gasteiger charge is 2.26. The summed E-state index contributed by atoms with van der Waals surface area (Å²) < 4.78 is 26.2. The number of carboxylic acids is 3. The third-order valence-electron chi connectivity index (χ3n) is 9.68. The topological polar surface area (TPSA) is 188 Å². The molecule has 16 heteroatoms. The van der Waals surface area contributed by atoms with Crippen LogP contribution in [-0.2, 0) is 34.8 Å². The lowest BCUT2D eigenvalue weighted by Gasteiger charge is -2.32. The molecule has 1 aliphatic carbocycles. The number of hydrogen-bond donors (Lipinski definition) is 4. The molecule has 4 rings (SSSR count). The summed E-state index contributed by atoms with van der Waals surface area (Å²) in [5, 5.41) is 31.1. The van der Waals surface area contributed by atoms with Gasteiger partial charge in [-0.05, 0) is 77.1 Å². The number of Topliss-reactive ketones (excluding diaryl/α,β-unsaturated/α-hetero) is 1. The fraction of sp³-hybridized carbons (Fsp3) is 0.462. The van der Waals surface area contributed by atoms with Crippen LogP contribution >= 0.6 is 0 Å². The highest BCUT2D eigenvalue weighted by molar-refractivity contribution is 7.84. The zero-order valence-electron chi connectivity index (χ0n) is 31.3. The number of nitrogens with zero attached hydrogens (tertiary/aromatic N) is 4. The molecule has 55 heavy (non-hydrogen) atoms. The van der Waals surface area contributed by atoms with Gasteiger partial charge in [-0.2, -0.15) is 0 Å². The largest absolute Gasteiger partial charge is 0.480 e. The average Bonchev–Trinajstić information content (AvgIpc) is 3.35. The van der Waals surface area contributed by atoms with Crippen molar-refractivity contribution >= 4 is 57.6 Å². The lowest BCUT2D eigenvalue weighted by molar-refractivity contribution is -0.140. The van der Waals surface area contributed by atoms with Gasteiger partial charge in [-0.1, -0.05) is 18.2 Å². The number of halogens is 1. The first-order valence-electron chi connectivity index (χ1n) is 18.2. The van der Waals surface area contributed by atoms with Gasteiger partial charge in [0.05, 0.1) is 26.2 Å². The monoisotopic (exact) mass is 783 g/mol. The van der Waals surface area contributed by atoms with Crippen molar-refractivity contribution in [2.24, 2.45) is 0 Å². The maximum absolute atomic E-state index is 14.4. The summed E-state index contributed by atoms with van der Waals surface area (Å²) in [6.45, 7) is 3.67. The predicted molar refractivity (Wildman–Crippen MR) is 206 cm³/mol. The van der Waals surface area contributed by atoms with Gasteiger partial charge < -0.3 is 20.6 Å². The third kappa shape index (κ3) is 13.9. The van der Waals surface area contributed by atoms with E-state index in [2.05, 4.69) is 5.32 Å². The number of allylic oxidation sites excluding steroid dienone is 3. The summed E-state index contributed by atoms with van der Waals surface area (Å²) in [5.41, 5.74) is 4.89. The van der Waals surface area contributed by atoms with Crippen molar-refractivity contribution in [3.63, 3.8) is 0 Å². The normalized spacial score (nSPS) is 18.0. The van der Waals surface area contributed by atoms with Crippen molar-refractivity contribution in [3.8, 4) is 0 Å². The van der Waals surface area contributed by atoms with Gasteiger partial charge in [0, 0.05) is 93.7 Å². The van der Waals surface area contributed by atoms with Gasteiger partial charge in [0.1, 0.15) is 11.6 Å². The molecule has 0 saturated carbocycles. The molecule has 2 aromatic rings. The van der Waals surface area contributed by atoms with Crippen LogP contribution in [0.25, 0.3) is 17.2 Å². The van der Waals surface area contributed by atoms with Gasteiger partial charge in [0.15, 0.2) is 0 Å². The van der Waals surface area contributed by atoms with Gasteiger partial charge in [-0.3, -0.25) is 47.8 Å². The van der Waals surface area contributed by atoms with E-state index in [1.165, 1.54) is 12.1 Å². The number of carbonyl (C=O) groups is 5. The van der Waals surface area contributed by atoms with E-state index in [4.69, 9.17) is 0 Å². The first-order chi connectivity index (χ1) is 26.2. The van der Waals surface area contributed by atoms with E-state index in [0.29, 0.717) is 43.1 Å². The van der Waals surface area contributed by atoms with Gasteiger partial charge >= 0.3 is 17.9 Å². The van der Waals surface area contributed by atoms with Crippen molar-refractivity contribution in [2.75, 3.05) is 91.3 Å². The number of hydrogen-bond acceptors (Lipinski definition) is 10. The Morgan fingerprint density at radius 2 is 1.24 bits per heavy atom. The first kappa shape index (κ1) is 43.1. The number of carboxylic acid groups (broad SMARTS) is 3. The summed E-state index contributed by atoms with van der Waals surface area (Å²) >= 11 is 0. The number of nitrogens with one attached hydrogen (secondary N) is 1. The molecule has 1 saturated heterocycles. The van der Waals surface area contributed by atoms with Crippen LogP contribution in [0.5, 0.6) is 0 Å². The molecular formula is C39H50FN5O9S. The molecule has 0 bridgehead atoms. The van der Waals surface area contributed by atoms with Crippen LogP contribution in [0.2, 0.25) is 0 Å². The highest BCUT2D eigenvalue weighted by atomic mass is 32.2. The Hall–Kier alpha value is -4.61. The third-order valence-corrected chi connectivity index (χ3v) is 10.6. The fourth-order valence-electron chi connectivity index (χ4n) is 6.75. The lowest BCUT2D eigenvalue weighted by atomic mass is 9.98.